The van der Waals surface area contributed by atoms with Crippen molar-refractivity contribution in [3.63, 3.8) is 0 Å². The van der Waals surface area contributed by atoms with Gasteiger partial charge in [-0.25, -0.2) is 9.97 Å². The molecule has 4 aromatic rings. The Kier molecular flexibility index (Phi) is 3.08. The van der Waals surface area contributed by atoms with Crippen LogP contribution in [0.2, 0.25) is 0 Å². The monoisotopic (exact) mass is 300 g/mol. The summed E-state index contributed by atoms with van der Waals surface area (Å²) in [4.78, 5) is 8.66. The number of nitrogens with two attached hydrogens (primary N) is 1. The minimum atomic E-state index is 0.527. The summed E-state index contributed by atoms with van der Waals surface area (Å²) in [6.07, 6.45) is 3.66. The van der Waals surface area contributed by atoms with Crippen LogP contribution < -0.4 is 5.73 Å². The van der Waals surface area contributed by atoms with E-state index in [0.717, 1.165) is 27.8 Å². The summed E-state index contributed by atoms with van der Waals surface area (Å²) in [5.74, 6) is 0.527. The lowest BCUT2D eigenvalue weighted by molar-refractivity contribution is 1.09. The summed E-state index contributed by atoms with van der Waals surface area (Å²) in [7, 11) is 0. The van der Waals surface area contributed by atoms with Crippen molar-refractivity contribution < 1.29 is 0 Å². The van der Waals surface area contributed by atoms with Crippen LogP contribution in [0.3, 0.4) is 0 Å². The summed E-state index contributed by atoms with van der Waals surface area (Å²) in [5, 5.41) is 0. The van der Waals surface area contributed by atoms with Crippen LogP contribution in [-0.2, 0) is 0 Å². The number of aromatic nitrogens is 3. The molecule has 2 N–H and O–H groups in total. The second-order valence-corrected chi connectivity index (χ2v) is 5.63. The number of nitrogens with zero attached hydrogens (tertiary/aromatic N) is 3. The van der Waals surface area contributed by atoms with Crippen LogP contribution in [0.1, 0.15) is 5.56 Å². The molecule has 0 fully saturated rings. The Morgan fingerprint density at radius 3 is 2.39 bits per heavy atom. The molecule has 0 saturated carbocycles. The molecule has 23 heavy (non-hydrogen) atoms. The Labute approximate surface area is 134 Å². The molecule has 0 bridgehead atoms. The predicted molar refractivity (Wildman–Crippen MR) is 93.5 cm³/mol. The summed E-state index contributed by atoms with van der Waals surface area (Å²) in [6, 6.07) is 18.4. The highest BCUT2D eigenvalue weighted by molar-refractivity contribution is 5.83. The SMILES string of the molecule is Cc1ccc(-n2cnc3ccc(-c4ccc(N)nc4)cc32)cc1. The molecular formula is C19H16N4. The van der Waals surface area contributed by atoms with Crippen LogP contribution in [0, 0.1) is 6.92 Å². The van der Waals surface area contributed by atoms with Crippen molar-refractivity contribution in [1.29, 1.82) is 0 Å². The zero-order valence-electron chi connectivity index (χ0n) is 12.8. The van der Waals surface area contributed by atoms with Crippen LogP contribution in [0.15, 0.2) is 67.1 Å². The number of aryl methyl sites for hydroxylation is 1. The maximum absolute atomic E-state index is 5.67. The normalized spacial score (nSPS) is 11.0. The van der Waals surface area contributed by atoms with E-state index in [9.17, 15) is 0 Å². The fourth-order valence-electron chi connectivity index (χ4n) is 2.67. The minimum Gasteiger partial charge on any atom is -0.384 e. The molecule has 0 spiro atoms. The van der Waals surface area contributed by atoms with Gasteiger partial charge in [0, 0.05) is 17.4 Å². The van der Waals surface area contributed by atoms with Crippen molar-refractivity contribution in [2.45, 2.75) is 6.92 Å². The predicted octanol–water partition coefficient (Wildman–Crippen LogP) is 3.98. The number of nitrogen functional groups attached to an aromatic ring is 1. The van der Waals surface area contributed by atoms with E-state index in [1.54, 1.807) is 6.20 Å². The molecule has 0 unspecified atom stereocenters. The molecule has 4 heteroatoms. The molecule has 2 heterocycles. The third kappa shape index (κ3) is 2.44. The molecule has 4 nitrogen and oxygen atoms in total. The quantitative estimate of drug-likeness (QED) is 0.609. The first-order valence-electron chi connectivity index (χ1n) is 7.47. The highest BCUT2D eigenvalue weighted by Crippen LogP contribution is 2.25. The Morgan fingerprint density at radius 1 is 0.870 bits per heavy atom. The largest absolute Gasteiger partial charge is 0.384 e. The van der Waals surface area contributed by atoms with Gasteiger partial charge in [0.25, 0.3) is 0 Å². The van der Waals surface area contributed by atoms with Gasteiger partial charge in [0.05, 0.1) is 11.0 Å². The molecule has 2 aromatic heterocycles. The summed E-state index contributed by atoms with van der Waals surface area (Å²) >= 11 is 0. The highest BCUT2D eigenvalue weighted by Gasteiger charge is 2.07. The molecule has 0 radical (unpaired) electrons. The number of hydrogen-bond donors (Lipinski definition) is 1. The van der Waals surface area contributed by atoms with Crippen LogP contribution in [0.5, 0.6) is 0 Å². The van der Waals surface area contributed by atoms with Crippen molar-refractivity contribution >= 4 is 16.9 Å². The van der Waals surface area contributed by atoms with Gasteiger partial charge >= 0.3 is 0 Å². The van der Waals surface area contributed by atoms with Crippen molar-refractivity contribution in [2.24, 2.45) is 0 Å². The molecule has 0 amide bonds. The number of imidazole rings is 1. The minimum absolute atomic E-state index is 0.527. The maximum atomic E-state index is 5.67. The molecule has 2 aromatic carbocycles. The van der Waals surface area contributed by atoms with E-state index in [-0.39, 0.29) is 0 Å². The van der Waals surface area contributed by atoms with E-state index < -0.39 is 0 Å². The average molecular weight is 300 g/mol. The second-order valence-electron chi connectivity index (χ2n) is 5.63. The van der Waals surface area contributed by atoms with Gasteiger partial charge in [-0.3, -0.25) is 4.57 Å². The maximum Gasteiger partial charge on any atom is 0.123 e. The number of hydrogen-bond acceptors (Lipinski definition) is 3. The highest BCUT2D eigenvalue weighted by atomic mass is 15.0. The Balaban J connectivity index is 1.86. The molecular weight excluding hydrogens is 284 g/mol. The lowest BCUT2D eigenvalue weighted by Gasteiger charge is -2.07. The van der Waals surface area contributed by atoms with Crippen molar-refractivity contribution in [3.05, 3.63) is 72.7 Å². The van der Waals surface area contributed by atoms with Crippen molar-refractivity contribution in [1.82, 2.24) is 14.5 Å². The number of pyridine rings is 1. The fraction of sp³-hybridized carbons (Fsp3) is 0.0526. The summed E-state index contributed by atoms with van der Waals surface area (Å²) in [6.45, 7) is 2.09. The number of fused-ring (bicyclic) bond motifs is 1. The fourth-order valence-corrected chi connectivity index (χ4v) is 2.67. The van der Waals surface area contributed by atoms with Gasteiger partial charge in [-0.2, -0.15) is 0 Å². The topological polar surface area (TPSA) is 56.7 Å². The lowest BCUT2D eigenvalue weighted by atomic mass is 10.1. The van der Waals surface area contributed by atoms with Gasteiger partial charge in [0.1, 0.15) is 12.1 Å². The van der Waals surface area contributed by atoms with Gasteiger partial charge in [-0.1, -0.05) is 23.8 Å². The number of benzene rings is 2. The van der Waals surface area contributed by atoms with E-state index in [1.807, 2.05) is 24.5 Å². The molecule has 0 aliphatic carbocycles. The molecule has 112 valence electrons. The smallest absolute Gasteiger partial charge is 0.123 e. The second kappa shape index (κ2) is 5.25. The van der Waals surface area contributed by atoms with Gasteiger partial charge in [-0.15, -0.1) is 0 Å². The van der Waals surface area contributed by atoms with Gasteiger partial charge < -0.3 is 5.73 Å². The molecule has 4 rings (SSSR count). The van der Waals surface area contributed by atoms with E-state index in [2.05, 4.69) is 57.9 Å². The molecule has 0 atom stereocenters. The molecule has 0 saturated heterocycles. The summed E-state index contributed by atoms with van der Waals surface area (Å²) < 4.78 is 2.10. The van der Waals surface area contributed by atoms with Crippen molar-refractivity contribution in [2.75, 3.05) is 5.73 Å². The van der Waals surface area contributed by atoms with Crippen LogP contribution in [0.25, 0.3) is 27.8 Å². The Bertz CT molecular complexity index is 967. The van der Waals surface area contributed by atoms with Gasteiger partial charge in [0.15, 0.2) is 0 Å². The number of rotatable bonds is 2. The Morgan fingerprint density at radius 2 is 1.65 bits per heavy atom. The van der Waals surface area contributed by atoms with Gasteiger partial charge in [0.2, 0.25) is 0 Å². The van der Waals surface area contributed by atoms with E-state index in [0.29, 0.717) is 5.82 Å². The zero-order chi connectivity index (χ0) is 15.8. The first-order valence-corrected chi connectivity index (χ1v) is 7.47. The molecule has 0 aliphatic heterocycles. The third-order valence-electron chi connectivity index (χ3n) is 3.98. The average Bonchev–Trinajstić information content (AvgIpc) is 2.99. The number of anilines is 1. The standard InChI is InChI=1S/C19H16N4/c1-13-2-6-16(7-3-13)23-12-22-17-8-4-14(10-18(17)23)15-5-9-19(20)21-11-15/h2-12H,1H3,(H2,20,21). The first-order chi connectivity index (χ1) is 11.2. The van der Waals surface area contributed by atoms with E-state index in [1.165, 1.54) is 5.56 Å². The summed E-state index contributed by atoms with van der Waals surface area (Å²) in [5.41, 5.74) is 12.2. The first kappa shape index (κ1) is 13.5. The van der Waals surface area contributed by atoms with Crippen LogP contribution in [-0.4, -0.2) is 14.5 Å². The molecule has 0 aliphatic rings. The van der Waals surface area contributed by atoms with Gasteiger partial charge in [-0.05, 0) is 48.9 Å². The van der Waals surface area contributed by atoms with Crippen LogP contribution >= 0.6 is 0 Å². The van der Waals surface area contributed by atoms with Crippen molar-refractivity contribution in [3.8, 4) is 16.8 Å². The third-order valence-corrected chi connectivity index (χ3v) is 3.98. The van der Waals surface area contributed by atoms with E-state index >= 15 is 0 Å². The van der Waals surface area contributed by atoms with Crippen LogP contribution in [0.4, 0.5) is 5.82 Å². The Hall–Kier alpha value is -3.14. The zero-order valence-corrected chi connectivity index (χ0v) is 12.8. The van der Waals surface area contributed by atoms with E-state index in [4.69, 9.17) is 5.73 Å². The lowest BCUT2D eigenvalue weighted by Crippen LogP contribution is -1.92.